The molecule has 0 saturated heterocycles. The Morgan fingerprint density at radius 3 is 2.94 bits per heavy atom. The van der Waals surface area contributed by atoms with Crippen molar-refractivity contribution in [1.82, 2.24) is 19.6 Å². The Hall–Kier alpha value is -1.93. The topological polar surface area (TPSA) is 102 Å². The lowest BCUT2D eigenvalue weighted by Crippen LogP contribution is -2.13. The summed E-state index contributed by atoms with van der Waals surface area (Å²) >= 11 is 0. The van der Waals surface area contributed by atoms with E-state index in [1.165, 1.54) is 0 Å². The van der Waals surface area contributed by atoms with Crippen LogP contribution in [-0.4, -0.2) is 39.8 Å². The van der Waals surface area contributed by atoms with Crippen molar-refractivity contribution in [2.24, 2.45) is 5.84 Å². The minimum atomic E-state index is 0.504. The van der Waals surface area contributed by atoms with Gasteiger partial charge in [-0.25, -0.2) is 10.8 Å². The Kier molecular flexibility index (Phi) is 3.90. The molecule has 8 nitrogen and oxygen atoms in total. The number of nitrogen functional groups attached to an aromatic ring is 1. The van der Waals surface area contributed by atoms with Crippen LogP contribution in [0.25, 0.3) is 5.78 Å². The molecule has 0 saturated carbocycles. The molecular weight excluding hydrogens is 234 g/mol. The molecule has 0 fully saturated rings. The molecule has 2 heterocycles. The van der Waals surface area contributed by atoms with Crippen LogP contribution in [0, 0.1) is 0 Å². The van der Waals surface area contributed by atoms with Crippen molar-refractivity contribution in [2.45, 2.75) is 13.3 Å². The van der Waals surface area contributed by atoms with Gasteiger partial charge in [0.05, 0.1) is 6.61 Å². The normalized spacial score (nSPS) is 10.8. The van der Waals surface area contributed by atoms with E-state index < -0.39 is 0 Å². The second kappa shape index (κ2) is 5.61. The quantitative estimate of drug-likeness (QED) is 0.378. The predicted octanol–water partition coefficient (Wildman–Crippen LogP) is 0.0306. The highest BCUT2D eigenvalue weighted by atomic mass is 16.5. The van der Waals surface area contributed by atoms with E-state index in [2.05, 4.69) is 25.8 Å². The smallest absolute Gasteiger partial charge is 0.256 e. The summed E-state index contributed by atoms with van der Waals surface area (Å²) in [5.41, 5.74) is 3.50. The first kappa shape index (κ1) is 12.5. The maximum atomic E-state index is 5.46. The fraction of sp³-hybridized carbons (Fsp3) is 0.500. The van der Waals surface area contributed by atoms with E-state index in [0.29, 0.717) is 30.7 Å². The molecule has 2 aromatic rings. The van der Waals surface area contributed by atoms with Gasteiger partial charge in [0.25, 0.3) is 5.78 Å². The van der Waals surface area contributed by atoms with Crippen LogP contribution < -0.4 is 16.6 Å². The van der Waals surface area contributed by atoms with Gasteiger partial charge < -0.3 is 15.5 Å². The maximum Gasteiger partial charge on any atom is 0.256 e. The SMILES string of the molecule is CCc1cc(NN)n2nc(NCCOC)nc2n1. The monoisotopic (exact) mass is 251 g/mol. The highest BCUT2D eigenvalue weighted by molar-refractivity contribution is 5.47. The van der Waals surface area contributed by atoms with Crippen molar-refractivity contribution in [3.8, 4) is 0 Å². The second-order valence-corrected chi connectivity index (χ2v) is 3.70. The zero-order valence-electron chi connectivity index (χ0n) is 10.5. The summed E-state index contributed by atoms with van der Waals surface area (Å²) in [6, 6.07) is 1.85. The number of hydrogen-bond donors (Lipinski definition) is 3. The van der Waals surface area contributed by atoms with Crippen LogP contribution >= 0.6 is 0 Å². The van der Waals surface area contributed by atoms with Crippen LogP contribution in [0.3, 0.4) is 0 Å². The zero-order chi connectivity index (χ0) is 13.0. The number of rotatable bonds is 6. The summed E-state index contributed by atoms with van der Waals surface area (Å²) in [5.74, 6) is 7.14. The molecule has 98 valence electrons. The molecule has 2 rings (SSSR count). The first-order valence-electron chi connectivity index (χ1n) is 5.74. The van der Waals surface area contributed by atoms with Crippen LogP contribution in [0.4, 0.5) is 11.8 Å². The second-order valence-electron chi connectivity index (χ2n) is 3.70. The van der Waals surface area contributed by atoms with Gasteiger partial charge in [-0.3, -0.25) is 0 Å². The predicted molar refractivity (Wildman–Crippen MR) is 68.3 cm³/mol. The van der Waals surface area contributed by atoms with Crippen LogP contribution in [0.1, 0.15) is 12.6 Å². The van der Waals surface area contributed by atoms with Crippen molar-refractivity contribution in [1.29, 1.82) is 0 Å². The standard InChI is InChI=1S/C10H17N7O/c1-3-7-6-8(15-11)17-10(13-7)14-9(16-17)12-4-5-18-2/h6,15H,3-5,11H2,1-2H3,(H,12,16). The molecule has 2 aromatic heterocycles. The van der Waals surface area contributed by atoms with Crippen LogP contribution in [0.5, 0.6) is 0 Å². The number of hydrazine groups is 1. The van der Waals surface area contributed by atoms with Gasteiger partial charge in [-0.2, -0.15) is 9.50 Å². The molecule has 0 amide bonds. The van der Waals surface area contributed by atoms with Crippen molar-refractivity contribution in [2.75, 3.05) is 31.0 Å². The summed E-state index contributed by atoms with van der Waals surface area (Å²) in [7, 11) is 1.64. The molecule has 4 N–H and O–H groups in total. The third-order valence-electron chi connectivity index (χ3n) is 2.46. The van der Waals surface area contributed by atoms with Gasteiger partial charge in [-0.05, 0) is 6.42 Å². The number of ether oxygens (including phenoxy) is 1. The zero-order valence-corrected chi connectivity index (χ0v) is 10.5. The molecule has 0 radical (unpaired) electrons. The molecule has 18 heavy (non-hydrogen) atoms. The maximum absolute atomic E-state index is 5.46. The lowest BCUT2D eigenvalue weighted by Gasteiger charge is -2.03. The first-order valence-corrected chi connectivity index (χ1v) is 5.74. The average Bonchev–Trinajstić information content (AvgIpc) is 2.80. The number of fused-ring (bicyclic) bond motifs is 1. The highest BCUT2D eigenvalue weighted by Crippen LogP contribution is 2.12. The molecule has 8 heteroatoms. The van der Waals surface area contributed by atoms with E-state index in [1.54, 1.807) is 11.6 Å². The number of aryl methyl sites for hydroxylation is 1. The van der Waals surface area contributed by atoms with E-state index in [9.17, 15) is 0 Å². The van der Waals surface area contributed by atoms with Gasteiger partial charge in [0, 0.05) is 25.4 Å². The molecule has 0 spiro atoms. The first-order chi connectivity index (χ1) is 8.78. The summed E-state index contributed by atoms with van der Waals surface area (Å²) < 4.78 is 6.51. The number of hydrogen-bond acceptors (Lipinski definition) is 7. The molecule has 0 aromatic carbocycles. The fourth-order valence-electron chi connectivity index (χ4n) is 1.54. The third-order valence-corrected chi connectivity index (χ3v) is 2.46. The lowest BCUT2D eigenvalue weighted by atomic mass is 10.3. The Bertz CT molecular complexity index is 524. The summed E-state index contributed by atoms with van der Waals surface area (Å²) in [4.78, 5) is 8.65. The Morgan fingerprint density at radius 2 is 2.28 bits per heavy atom. The molecule has 0 aliphatic rings. The Balaban J connectivity index is 2.31. The van der Waals surface area contributed by atoms with Gasteiger partial charge in [-0.15, -0.1) is 5.10 Å². The Labute approximate surface area is 105 Å². The number of aromatic nitrogens is 4. The van der Waals surface area contributed by atoms with E-state index in [-0.39, 0.29) is 0 Å². The third kappa shape index (κ3) is 2.49. The van der Waals surface area contributed by atoms with E-state index in [0.717, 1.165) is 12.1 Å². The molecule has 0 atom stereocenters. The largest absolute Gasteiger partial charge is 0.383 e. The van der Waals surface area contributed by atoms with Crippen molar-refractivity contribution >= 4 is 17.5 Å². The molecule has 0 aliphatic carbocycles. The van der Waals surface area contributed by atoms with E-state index in [1.807, 2.05) is 13.0 Å². The van der Waals surface area contributed by atoms with Gasteiger partial charge in [0.15, 0.2) is 0 Å². The molecule has 0 aliphatic heterocycles. The lowest BCUT2D eigenvalue weighted by molar-refractivity contribution is 0.210. The average molecular weight is 251 g/mol. The van der Waals surface area contributed by atoms with Crippen LogP contribution in [-0.2, 0) is 11.2 Å². The van der Waals surface area contributed by atoms with Crippen LogP contribution in [0.15, 0.2) is 6.07 Å². The number of anilines is 2. The van der Waals surface area contributed by atoms with Gasteiger partial charge in [0.2, 0.25) is 5.95 Å². The summed E-state index contributed by atoms with van der Waals surface area (Å²) in [6.07, 6.45) is 0.810. The minimum Gasteiger partial charge on any atom is -0.383 e. The van der Waals surface area contributed by atoms with Gasteiger partial charge >= 0.3 is 0 Å². The van der Waals surface area contributed by atoms with Gasteiger partial charge in [-0.1, -0.05) is 6.92 Å². The summed E-state index contributed by atoms with van der Waals surface area (Å²) in [6.45, 7) is 3.25. The summed E-state index contributed by atoms with van der Waals surface area (Å²) in [5, 5.41) is 7.31. The fourth-order valence-corrected chi connectivity index (χ4v) is 1.54. The number of nitrogens with one attached hydrogen (secondary N) is 2. The van der Waals surface area contributed by atoms with Gasteiger partial charge in [0.1, 0.15) is 5.82 Å². The number of methoxy groups -OCH3 is 1. The minimum absolute atomic E-state index is 0.504. The van der Waals surface area contributed by atoms with E-state index >= 15 is 0 Å². The molecule has 0 unspecified atom stereocenters. The van der Waals surface area contributed by atoms with E-state index in [4.69, 9.17) is 10.6 Å². The molecular formula is C10H17N7O. The number of nitrogens with zero attached hydrogens (tertiary/aromatic N) is 4. The van der Waals surface area contributed by atoms with Crippen molar-refractivity contribution < 1.29 is 4.74 Å². The molecule has 0 bridgehead atoms. The van der Waals surface area contributed by atoms with Crippen molar-refractivity contribution in [3.63, 3.8) is 0 Å². The number of nitrogens with two attached hydrogens (primary N) is 1. The highest BCUT2D eigenvalue weighted by Gasteiger charge is 2.09. The van der Waals surface area contributed by atoms with Crippen molar-refractivity contribution in [3.05, 3.63) is 11.8 Å². The van der Waals surface area contributed by atoms with Crippen LogP contribution in [0.2, 0.25) is 0 Å². The Morgan fingerprint density at radius 1 is 1.44 bits per heavy atom.